The molecule has 0 amide bonds. The van der Waals surface area contributed by atoms with E-state index in [-0.39, 0.29) is 17.3 Å². The normalized spacial score (nSPS) is 37.2. The zero-order valence-corrected chi connectivity index (χ0v) is 13.8. The minimum absolute atomic E-state index is 0.126. The summed E-state index contributed by atoms with van der Waals surface area (Å²) in [6.07, 6.45) is 1.90. The van der Waals surface area contributed by atoms with Gasteiger partial charge in [0.15, 0.2) is 0 Å². The molecule has 0 bridgehead atoms. The van der Waals surface area contributed by atoms with Crippen LogP contribution in [0.25, 0.3) is 0 Å². The van der Waals surface area contributed by atoms with Crippen LogP contribution >= 0.6 is 0 Å². The fourth-order valence-electron chi connectivity index (χ4n) is 4.11. The quantitative estimate of drug-likeness (QED) is 0.823. The van der Waals surface area contributed by atoms with E-state index in [1.54, 1.807) is 0 Å². The lowest BCUT2D eigenvalue weighted by Crippen LogP contribution is -2.52. The summed E-state index contributed by atoms with van der Waals surface area (Å²) in [5, 5.41) is 13.5. The maximum absolute atomic E-state index is 9.87. The number of aliphatic hydroxyl groups excluding tert-OH is 1. The first kappa shape index (κ1) is 16.2. The fourth-order valence-corrected chi connectivity index (χ4v) is 4.11. The second-order valence-corrected chi connectivity index (χ2v) is 7.51. The van der Waals surface area contributed by atoms with Crippen molar-refractivity contribution in [3.8, 4) is 0 Å². The molecule has 3 unspecified atom stereocenters. The van der Waals surface area contributed by atoms with E-state index in [0.29, 0.717) is 12.0 Å². The highest BCUT2D eigenvalue weighted by Crippen LogP contribution is 2.42. The molecule has 0 aromatic carbocycles. The van der Waals surface area contributed by atoms with Gasteiger partial charge in [0.1, 0.15) is 0 Å². The van der Waals surface area contributed by atoms with Crippen LogP contribution in [0.15, 0.2) is 0 Å². The maximum atomic E-state index is 9.87. The largest absolute Gasteiger partial charge is 0.392 e. The molecule has 2 rings (SSSR count). The van der Waals surface area contributed by atoms with Crippen LogP contribution in [-0.4, -0.2) is 59.5 Å². The highest BCUT2D eigenvalue weighted by molar-refractivity contribution is 5.06. The predicted molar refractivity (Wildman–Crippen MR) is 81.9 cm³/mol. The molecule has 0 aromatic heterocycles. The van der Waals surface area contributed by atoms with Crippen LogP contribution in [0, 0.1) is 5.92 Å². The van der Waals surface area contributed by atoms with Gasteiger partial charge in [0.25, 0.3) is 0 Å². The highest BCUT2D eigenvalue weighted by atomic mass is 16.5. The van der Waals surface area contributed by atoms with Gasteiger partial charge in [-0.25, -0.2) is 0 Å². The monoisotopic (exact) mass is 284 g/mol. The van der Waals surface area contributed by atoms with Crippen molar-refractivity contribution in [3.63, 3.8) is 0 Å². The molecule has 2 aliphatic rings. The van der Waals surface area contributed by atoms with E-state index in [0.717, 1.165) is 39.0 Å². The molecule has 2 fully saturated rings. The van der Waals surface area contributed by atoms with Crippen molar-refractivity contribution < 1.29 is 9.84 Å². The number of hydrogen-bond donors (Lipinski definition) is 2. The van der Waals surface area contributed by atoms with Crippen molar-refractivity contribution in [1.29, 1.82) is 0 Å². The number of rotatable bonds is 4. The molecular weight excluding hydrogens is 252 g/mol. The number of hydrogen-bond acceptors (Lipinski definition) is 4. The SMILES string of the molecule is CCNC1C(CN2CCCC(O)C2)C(C)(C)OC1(C)C. The van der Waals surface area contributed by atoms with Crippen molar-refractivity contribution in [2.75, 3.05) is 26.2 Å². The highest BCUT2D eigenvalue weighted by Gasteiger charge is 2.53. The van der Waals surface area contributed by atoms with Crippen LogP contribution in [0.2, 0.25) is 0 Å². The second kappa shape index (κ2) is 5.91. The van der Waals surface area contributed by atoms with Gasteiger partial charge in [-0.1, -0.05) is 6.92 Å². The van der Waals surface area contributed by atoms with E-state index in [1.165, 1.54) is 0 Å². The summed E-state index contributed by atoms with van der Waals surface area (Å²) in [6.45, 7) is 14.8. The van der Waals surface area contributed by atoms with E-state index in [4.69, 9.17) is 4.74 Å². The third-order valence-corrected chi connectivity index (χ3v) is 4.93. The Morgan fingerprint density at radius 2 is 1.95 bits per heavy atom. The summed E-state index contributed by atoms with van der Waals surface area (Å²) in [5.41, 5.74) is -0.267. The zero-order valence-electron chi connectivity index (χ0n) is 13.8. The molecule has 4 nitrogen and oxygen atoms in total. The van der Waals surface area contributed by atoms with Crippen LogP contribution in [-0.2, 0) is 4.74 Å². The van der Waals surface area contributed by atoms with Crippen molar-refractivity contribution in [2.45, 2.75) is 70.8 Å². The van der Waals surface area contributed by atoms with Crippen LogP contribution < -0.4 is 5.32 Å². The molecule has 2 aliphatic heterocycles. The van der Waals surface area contributed by atoms with Gasteiger partial charge in [-0.2, -0.15) is 0 Å². The third-order valence-electron chi connectivity index (χ3n) is 4.93. The number of nitrogens with zero attached hydrogens (tertiary/aromatic N) is 1. The first-order chi connectivity index (χ1) is 9.26. The summed E-state index contributed by atoms with van der Waals surface area (Å²) < 4.78 is 6.33. The standard InChI is InChI=1S/C16H32N2O2/c1-6-17-14-13(15(2,3)20-16(14,4)5)11-18-9-7-8-12(19)10-18/h12-14,17,19H,6-11H2,1-5H3. The van der Waals surface area contributed by atoms with E-state index < -0.39 is 0 Å². The van der Waals surface area contributed by atoms with Crippen LogP contribution in [0.3, 0.4) is 0 Å². The fraction of sp³-hybridized carbons (Fsp3) is 1.00. The van der Waals surface area contributed by atoms with Gasteiger partial charge in [0, 0.05) is 25.0 Å². The Morgan fingerprint density at radius 3 is 2.55 bits per heavy atom. The lowest BCUT2D eigenvalue weighted by atomic mass is 9.81. The Kier molecular flexibility index (Phi) is 4.80. The lowest BCUT2D eigenvalue weighted by molar-refractivity contribution is -0.0807. The van der Waals surface area contributed by atoms with E-state index in [9.17, 15) is 5.11 Å². The van der Waals surface area contributed by atoms with Gasteiger partial charge in [0.2, 0.25) is 0 Å². The molecule has 2 saturated heterocycles. The Bertz CT molecular complexity index is 330. The van der Waals surface area contributed by atoms with Crippen molar-refractivity contribution in [3.05, 3.63) is 0 Å². The number of β-amino-alcohol motifs (C(OH)–C–C–N with tert-alkyl or cyclic N) is 1. The number of ether oxygens (including phenoxy) is 1. The topological polar surface area (TPSA) is 44.7 Å². The Balaban J connectivity index is 2.09. The molecule has 0 saturated carbocycles. The number of likely N-dealkylation sites (tertiary alicyclic amines) is 1. The molecule has 2 heterocycles. The summed E-state index contributed by atoms with van der Waals surface area (Å²) in [5.74, 6) is 0.447. The van der Waals surface area contributed by atoms with Crippen molar-refractivity contribution >= 4 is 0 Å². The average molecular weight is 284 g/mol. The van der Waals surface area contributed by atoms with Crippen LogP contribution in [0.1, 0.15) is 47.5 Å². The van der Waals surface area contributed by atoms with Crippen LogP contribution in [0.5, 0.6) is 0 Å². The summed E-state index contributed by atoms with van der Waals surface area (Å²) in [4.78, 5) is 2.41. The van der Waals surface area contributed by atoms with Gasteiger partial charge in [-0.3, -0.25) is 0 Å². The molecule has 0 spiro atoms. The second-order valence-electron chi connectivity index (χ2n) is 7.51. The minimum Gasteiger partial charge on any atom is -0.392 e. The Hall–Kier alpha value is -0.160. The predicted octanol–water partition coefficient (Wildman–Crippen LogP) is 1.62. The van der Waals surface area contributed by atoms with Crippen molar-refractivity contribution in [2.24, 2.45) is 5.92 Å². The molecule has 20 heavy (non-hydrogen) atoms. The molecule has 0 radical (unpaired) electrons. The van der Waals surface area contributed by atoms with Gasteiger partial charge < -0.3 is 20.1 Å². The zero-order chi connectivity index (χ0) is 15.0. The van der Waals surface area contributed by atoms with Gasteiger partial charge >= 0.3 is 0 Å². The lowest BCUT2D eigenvalue weighted by Gasteiger charge is -2.37. The molecule has 0 aromatic rings. The Labute approximate surface area is 123 Å². The van der Waals surface area contributed by atoms with Gasteiger partial charge in [-0.05, 0) is 53.6 Å². The number of aliphatic hydroxyl groups is 1. The first-order valence-electron chi connectivity index (χ1n) is 8.10. The summed E-state index contributed by atoms with van der Waals surface area (Å²) in [7, 11) is 0. The first-order valence-corrected chi connectivity index (χ1v) is 8.10. The maximum Gasteiger partial charge on any atom is 0.0790 e. The smallest absolute Gasteiger partial charge is 0.0790 e. The van der Waals surface area contributed by atoms with E-state index in [2.05, 4.69) is 44.8 Å². The number of likely N-dealkylation sites (N-methyl/N-ethyl adjacent to an activating group) is 1. The molecule has 2 N–H and O–H groups in total. The molecule has 4 heteroatoms. The number of piperidine rings is 1. The van der Waals surface area contributed by atoms with E-state index in [1.807, 2.05) is 0 Å². The molecule has 0 aliphatic carbocycles. The van der Waals surface area contributed by atoms with Crippen molar-refractivity contribution in [1.82, 2.24) is 10.2 Å². The number of nitrogens with one attached hydrogen (secondary N) is 1. The third kappa shape index (κ3) is 3.35. The van der Waals surface area contributed by atoms with Gasteiger partial charge in [-0.15, -0.1) is 0 Å². The summed E-state index contributed by atoms with van der Waals surface area (Å²) >= 11 is 0. The van der Waals surface area contributed by atoms with E-state index >= 15 is 0 Å². The minimum atomic E-state index is -0.153. The van der Waals surface area contributed by atoms with Gasteiger partial charge in [0.05, 0.1) is 17.3 Å². The summed E-state index contributed by atoms with van der Waals surface area (Å²) in [6, 6.07) is 0.363. The molecule has 118 valence electrons. The Morgan fingerprint density at radius 1 is 1.25 bits per heavy atom. The van der Waals surface area contributed by atoms with Crippen LogP contribution in [0.4, 0.5) is 0 Å². The molecular formula is C16H32N2O2. The average Bonchev–Trinajstić information content (AvgIpc) is 2.47. The molecule has 3 atom stereocenters.